The molecule has 3 heterocycles. The number of fused-ring (bicyclic) bond motifs is 2. The summed E-state index contributed by atoms with van der Waals surface area (Å²) in [5.74, 6) is 0.140. The largest absolute Gasteiger partial charge is 0.490 e. The van der Waals surface area contributed by atoms with Gasteiger partial charge in [0, 0.05) is 28.9 Å². The molecular weight excluding hydrogens is 558 g/mol. The number of carbonyl (C=O) groups is 2. The summed E-state index contributed by atoms with van der Waals surface area (Å²) in [6.07, 6.45) is 5.07. The predicted molar refractivity (Wildman–Crippen MR) is 159 cm³/mol. The SMILES string of the molecule is CCOC(=O)Cn1cc(/C=c2/sc3n(c2=O)[C@@H](c2ccc(OCC)c(OCC)c2)C(C(=O)OC)=CN=3)c2ccccc21. The summed E-state index contributed by atoms with van der Waals surface area (Å²) in [5.41, 5.74) is 2.16. The summed E-state index contributed by atoms with van der Waals surface area (Å²) in [6, 6.07) is 12.2. The van der Waals surface area contributed by atoms with Crippen LogP contribution in [0.3, 0.4) is 0 Å². The number of hydrogen-bond acceptors (Lipinski definition) is 9. The average molecular weight is 590 g/mol. The zero-order chi connectivity index (χ0) is 29.8. The van der Waals surface area contributed by atoms with E-state index in [-0.39, 0.29) is 23.6 Å². The highest BCUT2D eigenvalue weighted by Gasteiger charge is 2.31. The second-order valence-corrected chi connectivity index (χ2v) is 10.3. The van der Waals surface area contributed by atoms with Crippen LogP contribution < -0.4 is 24.4 Å². The molecule has 11 heteroatoms. The molecule has 0 N–H and O–H groups in total. The van der Waals surface area contributed by atoms with Crippen LogP contribution in [0.5, 0.6) is 11.5 Å². The van der Waals surface area contributed by atoms with E-state index in [4.69, 9.17) is 18.9 Å². The molecule has 2 aromatic carbocycles. The number of hydrogen-bond donors (Lipinski definition) is 0. The third-order valence-corrected chi connectivity index (χ3v) is 7.72. The topological polar surface area (TPSA) is 110 Å². The van der Waals surface area contributed by atoms with E-state index >= 15 is 0 Å². The summed E-state index contributed by atoms with van der Waals surface area (Å²) >= 11 is 1.22. The quantitative estimate of drug-likeness (QED) is 0.261. The van der Waals surface area contributed by atoms with Gasteiger partial charge in [-0.1, -0.05) is 35.6 Å². The van der Waals surface area contributed by atoms with Gasteiger partial charge in [-0.05, 0) is 50.6 Å². The molecule has 4 aromatic rings. The Balaban J connectivity index is 1.66. The van der Waals surface area contributed by atoms with Crippen LogP contribution in [0, 0.1) is 0 Å². The number of ether oxygens (including phenoxy) is 4. The molecule has 0 spiro atoms. The minimum Gasteiger partial charge on any atom is -0.490 e. The number of nitrogens with zero attached hydrogens (tertiary/aromatic N) is 3. The fourth-order valence-corrected chi connectivity index (χ4v) is 5.96. The van der Waals surface area contributed by atoms with Crippen LogP contribution in [-0.4, -0.2) is 48.0 Å². The van der Waals surface area contributed by atoms with Crippen LogP contribution >= 0.6 is 11.3 Å². The van der Waals surface area contributed by atoms with Crippen LogP contribution in [-0.2, 0) is 25.6 Å². The standard InChI is InChI=1S/C31H31N3O7S/c1-5-39-24-13-12-19(14-25(24)40-6-2)28-22(30(37)38-4)16-32-31-34(28)29(36)26(42-31)15-20-17-33(18-27(35)41-7-3)23-11-9-8-10-21(20)23/h8-17,28H,5-7,18H2,1-4H3/b26-15+/t28-/m0/s1. The Morgan fingerprint density at radius 1 is 1.02 bits per heavy atom. The van der Waals surface area contributed by atoms with Gasteiger partial charge in [-0.15, -0.1) is 0 Å². The lowest BCUT2D eigenvalue weighted by Gasteiger charge is -2.23. The fourth-order valence-electron chi connectivity index (χ4n) is 5.00. The highest BCUT2D eigenvalue weighted by molar-refractivity contribution is 7.07. The number of rotatable bonds is 10. The Bertz CT molecular complexity index is 1870. The van der Waals surface area contributed by atoms with Crippen molar-refractivity contribution >= 4 is 40.3 Å². The van der Waals surface area contributed by atoms with Gasteiger partial charge in [-0.25, -0.2) is 9.79 Å². The van der Waals surface area contributed by atoms with Gasteiger partial charge in [0.15, 0.2) is 16.3 Å². The molecule has 5 rings (SSSR count). The van der Waals surface area contributed by atoms with Crippen molar-refractivity contribution in [3.05, 3.63) is 91.2 Å². The molecule has 42 heavy (non-hydrogen) atoms. The first kappa shape index (κ1) is 28.9. The summed E-state index contributed by atoms with van der Waals surface area (Å²) in [4.78, 5) is 44.0. The van der Waals surface area contributed by atoms with E-state index in [0.29, 0.717) is 46.2 Å². The molecule has 0 fully saturated rings. The van der Waals surface area contributed by atoms with E-state index in [1.54, 1.807) is 31.2 Å². The van der Waals surface area contributed by atoms with Crippen LogP contribution in [0.25, 0.3) is 17.0 Å². The molecule has 0 bridgehead atoms. The molecule has 0 saturated carbocycles. The molecular formula is C31H31N3O7S. The normalized spacial score (nSPS) is 14.6. The first-order valence-electron chi connectivity index (χ1n) is 13.6. The summed E-state index contributed by atoms with van der Waals surface area (Å²) < 4.78 is 25.5. The van der Waals surface area contributed by atoms with Gasteiger partial charge >= 0.3 is 11.9 Å². The Hall–Kier alpha value is -4.64. The number of para-hydroxylation sites is 1. The highest BCUT2D eigenvalue weighted by atomic mass is 32.1. The molecule has 1 aliphatic heterocycles. The van der Waals surface area contributed by atoms with Gasteiger partial charge in [-0.2, -0.15) is 0 Å². The van der Waals surface area contributed by atoms with E-state index in [1.807, 2.05) is 48.9 Å². The van der Waals surface area contributed by atoms with Gasteiger partial charge in [0.25, 0.3) is 5.56 Å². The number of methoxy groups -OCH3 is 1. The fraction of sp³-hybridized carbons (Fsp3) is 0.290. The maximum Gasteiger partial charge on any atom is 0.337 e. The first-order valence-corrected chi connectivity index (χ1v) is 14.4. The van der Waals surface area contributed by atoms with Gasteiger partial charge in [-0.3, -0.25) is 14.2 Å². The first-order chi connectivity index (χ1) is 20.4. The van der Waals surface area contributed by atoms with E-state index in [1.165, 1.54) is 29.2 Å². The van der Waals surface area contributed by atoms with Crippen LogP contribution in [0.1, 0.15) is 37.9 Å². The molecule has 0 amide bonds. The Morgan fingerprint density at radius 2 is 1.79 bits per heavy atom. The van der Waals surface area contributed by atoms with Crippen molar-refractivity contribution in [2.24, 2.45) is 4.99 Å². The van der Waals surface area contributed by atoms with Crippen molar-refractivity contribution in [2.75, 3.05) is 26.9 Å². The lowest BCUT2D eigenvalue weighted by atomic mass is 9.97. The van der Waals surface area contributed by atoms with Crippen LogP contribution in [0.15, 0.2) is 70.2 Å². The minimum absolute atomic E-state index is 0.0475. The third-order valence-electron chi connectivity index (χ3n) is 6.72. The molecule has 10 nitrogen and oxygen atoms in total. The van der Waals surface area contributed by atoms with Crippen molar-refractivity contribution in [1.82, 2.24) is 9.13 Å². The van der Waals surface area contributed by atoms with Crippen molar-refractivity contribution in [3.63, 3.8) is 0 Å². The number of carbonyl (C=O) groups excluding carboxylic acids is 2. The van der Waals surface area contributed by atoms with Gasteiger partial charge in [0.05, 0.1) is 43.1 Å². The zero-order valence-corrected chi connectivity index (χ0v) is 24.6. The van der Waals surface area contributed by atoms with E-state index < -0.39 is 12.0 Å². The highest BCUT2D eigenvalue weighted by Crippen LogP contribution is 2.35. The van der Waals surface area contributed by atoms with Crippen LogP contribution in [0.4, 0.5) is 0 Å². The summed E-state index contributed by atoms with van der Waals surface area (Å²) in [6.45, 7) is 6.73. The van der Waals surface area contributed by atoms with Crippen molar-refractivity contribution in [2.45, 2.75) is 33.4 Å². The number of aromatic nitrogens is 2. The molecule has 0 unspecified atom stereocenters. The molecule has 1 aliphatic rings. The molecule has 1 atom stereocenters. The van der Waals surface area contributed by atoms with E-state index in [2.05, 4.69) is 4.99 Å². The summed E-state index contributed by atoms with van der Waals surface area (Å²) in [7, 11) is 1.29. The lowest BCUT2D eigenvalue weighted by Crippen LogP contribution is -2.39. The second-order valence-electron chi connectivity index (χ2n) is 9.28. The Morgan fingerprint density at radius 3 is 2.52 bits per heavy atom. The Kier molecular flexibility index (Phi) is 8.58. The van der Waals surface area contributed by atoms with Crippen LogP contribution in [0.2, 0.25) is 0 Å². The Labute approximate surface area is 245 Å². The van der Waals surface area contributed by atoms with Crippen molar-refractivity contribution in [3.8, 4) is 11.5 Å². The van der Waals surface area contributed by atoms with Gasteiger partial charge < -0.3 is 23.5 Å². The molecule has 218 valence electrons. The van der Waals surface area contributed by atoms with Gasteiger partial charge in [0.1, 0.15) is 6.54 Å². The van der Waals surface area contributed by atoms with E-state index in [9.17, 15) is 14.4 Å². The monoisotopic (exact) mass is 589 g/mol. The second kappa shape index (κ2) is 12.5. The van der Waals surface area contributed by atoms with E-state index in [0.717, 1.165) is 16.5 Å². The van der Waals surface area contributed by atoms with Crippen molar-refractivity contribution < 1.29 is 28.5 Å². The number of esters is 2. The smallest absolute Gasteiger partial charge is 0.337 e. The number of benzene rings is 2. The molecule has 0 aliphatic carbocycles. The molecule has 0 saturated heterocycles. The van der Waals surface area contributed by atoms with Gasteiger partial charge in [0.2, 0.25) is 0 Å². The summed E-state index contributed by atoms with van der Waals surface area (Å²) in [5, 5.41) is 0.882. The maximum absolute atomic E-state index is 14.0. The average Bonchev–Trinajstić information content (AvgIpc) is 3.50. The predicted octanol–water partition coefficient (Wildman–Crippen LogP) is 3.33. The molecule has 2 aromatic heterocycles. The third kappa shape index (κ3) is 5.47. The van der Waals surface area contributed by atoms with Crippen molar-refractivity contribution in [1.29, 1.82) is 0 Å². The molecule has 0 radical (unpaired) electrons. The maximum atomic E-state index is 14.0. The number of thiazole rings is 1. The zero-order valence-electron chi connectivity index (χ0n) is 23.8. The minimum atomic E-state index is -0.795. The lowest BCUT2D eigenvalue weighted by molar-refractivity contribution is -0.143.